The maximum atomic E-state index is 12.4. The zero-order chi connectivity index (χ0) is 18.8. The summed E-state index contributed by atoms with van der Waals surface area (Å²) in [5.74, 6) is 0.723. The number of fused-ring (bicyclic) bond motifs is 1. The number of halogens is 2. The van der Waals surface area contributed by atoms with Crippen molar-refractivity contribution in [1.82, 2.24) is 14.9 Å². The van der Waals surface area contributed by atoms with Crippen LogP contribution in [0.25, 0.3) is 11.0 Å². The van der Waals surface area contributed by atoms with Crippen molar-refractivity contribution >= 4 is 45.8 Å². The Balaban J connectivity index is 1.49. The van der Waals surface area contributed by atoms with E-state index in [0.717, 1.165) is 36.5 Å². The van der Waals surface area contributed by atoms with Gasteiger partial charge in [0, 0.05) is 11.3 Å². The molecule has 2 heterocycles. The molecule has 7 heteroatoms. The Morgan fingerprint density at radius 1 is 1.07 bits per heavy atom. The summed E-state index contributed by atoms with van der Waals surface area (Å²) >= 11 is 11.9. The third-order valence-electron chi connectivity index (χ3n) is 4.79. The Kier molecular flexibility index (Phi) is 5.34. The molecule has 0 saturated carbocycles. The first-order valence-corrected chi connectivity index (χ1v) is 9.81. The van der Waals surface area contributed by atoms with Gasteiger partial charge >= 0.3 is 0 Å². The molecule has 0 aliphatic carbocycles. The van der Waals surface area contributed by atoms with Crippen molar-refractivity contribution in [2.45, 2.75) is 25.8 Å². The molecule has 0 spiro atoms. The first-order valence-electron chi connectivity index (χ1n) is 9.06. The molecule has 0 unspecified atom stereocenters. The summed E-state index contributed by atoms with van der Waals surface area (Å²) in [4.78, 5) is 22.9. The number of piperidine rings is 1. The van der Waals surface area contributed by atoms with E-state index in [4.69, 9.17) is 23.2 Å². The van der Waals surface area contributed by atoms with Crippen molar-refractivity contribution in [3.8, 4) is 0 Å². The van der Waals surface area contributed by atoms with Crippen molar-refractivity contribution in [2.24, 2.45) is 0 Å². The minimum atomic E-state index is -0.235. The lowest BCUT2D eigenvalue weighted by Crippen LogP contribution is -2.29. The zero-order valence-corrected chi connectivity index (χ0v) is 16.3. The number of aromatic nitrogens is 2. The summed E-state index contributed by atoms with van der Waals surface area (Å²) in [6, 6.07) is 10.5. The third-order valence-corrected chi connectivity index (χ3v) is 5.53. The van der Waals surface area contributed by atoms with Crippen molar-refractivity contribution < 1.29 is 4.79 Å². The molecule has 1 saturated heterocycles. The second-order valence-corrected chi connectivity index (χ2v) is 7.65. The SMILES string of the molecule is O=C(Nc1ccc2nc(CN3CCCCC3)[nH]c2c1)c1ccc(Cl)c(Cl)c1. The summed E-state index contributed by atoms with van der Waals surface area (Å²) < 4.78 is 0. The van der Waals surface area contributed by atoms with Crippen LogP contribution in [0.4, 0.5) is 5.69 Å². The van der Waals surface area contributed by atoms with Gasteiger partial charge in [0.05, 0.1) is 27.6 Å². The fourth-order valence-corrected chi connectivity index (χ4v) is 3.68. The molecule has 3 aromatic rings. The molecule has 1 fully saturated rings. The van der Waals surface area contributed by atoms with Crippen molar-refractivity contribution in [3.63, 3.8) is 0 Å². The van der Waals surface area contributed by atoms with E-state index in [-0.39, 0.29) is 5.91 Å². The number of carbonyl (C=O) groups is 1. The molecule has 0 bridgehead atoms. The summed E-state index contributed by atoms with van der Waals surface area (Å²) in [5, 5.41) is 3.67. The first-order chi connectivity index (χ1) is 13.1. The molecule has 1 aliphatic rings. The molecular weight excluding hydrogens is 383 g/mol. The van der Waals surface area contributed by atoms with Crippen LogP contribution in [-0.2, 0) is 6.54 Å². The summed E-state index contributed by atoms with van der Waals surface area (Å²) in [6.45, 7) is 3.09. The molecule has 1 amide bonds. The second kappa shape index (κ2) is 7.89. The van der Waals surface area contributed by atoms with Gasteiger partial charge in [-0.15, -0.1) is 0 Å². The van der Waals surface area contributed by atoms with E-state index in [1.54, 1.807) is 18.2 Å². The Morgan fingerprint density at radius 2 is 1.89 bits per heavy atom. The molecule has 1 aromatic heterocycles. The maximum Gasteiger partial charge on any atom is 0.255 e. The van der Waals surface area contributed by atoms with Crippen LogP contribution >= 0.6 is 23.2 Å². The minimum absolute atomic E-state index is 0.235. The predicted octanol–water partition coefficient (Wildman–Crippen LogP) is 5.11. The molecule has 140 valence electrons. The molecule has 27 heavy (non-hydrogen) atoms. The topological polar surface area (TPSA) is 61.0 Å². The monoisotopic (exact) mass is 402 g/mol. The Morgan fingerprint density at radius 3 is 2.67 bits per heavy atom. The largest absolute Gasteiger partial charge is 0.341 e. The van der Waals surface area contributed by atoms with Crippen LogP contribution in [0.5, 0.6) is 0 Å². The van der Waals surface area contributed by atoms with Gasteiger partial charge in [0.15, 0.2) is 0 Å². The van der Waals surface area contributed by atoms with Crippen LogP contribution in [0.3, 0.4) is 0 Å². The lowest BCUT2D eigenvalue weighted by molar-refractivity contribution is 0.102. The van der Waals surface area contributed by atoms with E-state index < -0.39 is 0 Å². The molecule has 2 aromatic carbocycles. The second-order valence-electron chi connectivity index (χ2n) is 6.84. The van der Waals surface area contributed by atoms with Crippen LogP contribution in [0.2, 0.25) is 10.0 Å². The van der Waals surface area contributed by atoms with Gasteiger partial charge in [-0.2, -0.15) is 0 Å². The van der Waals surface area contributed by atoms with Crippen LogP contribution in [0.1, 0.15) is 35.4 Å². The highest BCUT2D eigenvalue weighted by molar-refractivity contribution is 6.42. The number of carbonyl (C=O) groups excluding carboxylic acids is 1. The highest BCUT2D eigenvalue weighted by atomic mass is 35.5. The fraction of sp³-hybridized carbons (Fsp3) is 0.300. The highest BCUT2D eigenvalue weighted by Crippen LogP contribution is 2.24. The van der Waals surface area contributed by atoms with Crippen LogP contribution < -0.4 is 5.32 Å². The highest BCUT2D eigenvalue weighted by Gasteiger charge is 2.13. The molecule has 0 radical (unpaired) electrons. The number of likely N-dealkylation sites (tertiary alicyclic amines) is 1. The zero-order valence-electron chi connectivity index (χ0n) is 14.8. The van der Waals surface area contributed by atoms with Crippen LogP contribution in [0.15, 0.2) is 36.4 Å². The molecule has 0 atom stereocenters. The lowest BCUT2D eigenvalue weighted by atomic mass is 10.1. The number of anilines is 1. The van der Waals surface area contributed by atoms with E-state index in [9.17, 15) is 4.79 Å². The number of hydrogen-bond donors (Lipinski definition) is 2. The quantitative estimate of drug-likeness (QED) is 0.637. The van der Waals surface area contributed by atoms with E-state index in [2.05, 4.69) is 20.2 Å². The molecule has 4 rings (SSSR count). The van der Waals surface area contributed by atoms with E-state index >= 15 is 0 Å². The molecule has 1 aliphatic heterocycles. The summed E-state index contributed by atoms with van der Waals surface area (Å²) in [6.07, 6.45) is 3.83. The smallest absolute Gasteiger partial charge is 0.255 e. The number of hydrogen-bond acceptors (Lipinski definition) is 3. The number of amides is 1. The Labute approximate surface area is 167 Å². The number of imidazole rings is 1. The molecule has 5 nitrogen and oxygen atoms in total. The molecular formula is C20H20Cl2N4O. The van der Waals surface area contributed by atoms with Gasteiger partial charge in [-0.25, -0.2) is 4.98 Å². The lowest BCUT2D eigenvalue weighted by Gasteiger charge is -2.25. The van der Waals surface area contributed by atoms with Crippen molar-refractivity contribution in [1.29, 1.82) is 0 Å². The van der Waals surface area contributed by atoms with Gasteiger partial charge in [-0.05, 0) is 62.3 Å². The van der Waals surface area contributed by atoms with Crippen molar-refractivity contribution in [3.05, 3.63) is 57.8 Å². The maximum absolute atomic E-state index is 12.4. The number of rotatable bonds is 4. The number of H-pyrrole nitrogens is 1. The molecule has 2 N–H and O–H groups in total. The van der Waals surface area contributed by atoms with Crippen LogP contribution in [-0.4, -0.2) is 33.9 Å². The predicted molar refractivity (Wildman–Crippen MR) is 110 cm³/mol. The number of nitrogens with one attached hydrogen (secondary N) is 2. The minimum Gasteiger partial charge on any atom is -0.341 e. The van der Waals surface area contributed by atoms with Gasteiger partial charge in [0.25, 0.3) is 5.91 Å². The van der Waals surface area contributed by atoms with Gasteiger partial charge in [-0.3, -0.25) is 9.69 Å². The van der Waals surface area contributed by atoms with E-state index in [1.807, 2.05) is 18.2 Å². The number of benzene rings is 2. The van der Waals surface area contributed by atoms with E-state index in [0.29, 0.717) is 21.3 Å². The number of nitrogens with zero attached hydrogens (tertiary/aromatic N) is 2. The number of aromatic amines is 1. The van der Waals surface area contributed by atoms with Crippen molar-refractivity contribution in [2.75, 3.05) is 18.4 Å². The van der Waals surface area contributed by atoms with Crippen LogP contribution in [0, 0.1) is 0 Å². The summed E-state index contributed by atoms with van der Waals surface area (Å²) in [5.41, 5.74) is 2.97. The average molecular weight is 403 g/mol. The van der Waals surface area contributed by atoms with Gasteiger partial charge in [0.1, 0.15) is 5.82 Å². The van der Waals surface area contributed by atoms with Gasteiger partial charge < -0.3 is 10.3 Å². The Hall–Kier alpha value is -2.08. The Bertz CT molecular complexity index is 979. The van der Waals surface area contributed by atoms with Gasteiger partial charge in [0.2, 0.25) is 0 Å². The standard InChI is InChI=1S/C20H20Cl2N4O/c21-15-6-4-13(10-16(15)22)20(27)23-14-5-7-17-18(11-14)25-19(24-17)12-26-8-2-1-3-9-26/h4-7,10-11H,1-3,8-9,12H2,(H,23,27)(H,24,25). The average Bonchev–Trinajstić information content (AvgIpc) is 3.06. The van der Waals surface area contributed by atoms with E-state index in [1.165, 1.54) is 19.3 Å². The third kappa shape index (κ3) is 4.26. The van der Waals surface area contributed by atoms with Gasteiger partial charge in [-0.1, -0.05) is 29.6 Å². The normalized spacial score (nSPS) is 15.2. The fourth-order valence-electron chi connectivity index (χ4n) is 3.39. The first kappa shape index (κ1) is 18.3. The summed E-state index contributed by atoms with van der Waals surface area (Å²) in [7, 11) is 0.